The molecule has 2 atom stereocenters. The minimum atomic E-state index is -0.396. The summed E-state index contributed by atoms with van der Waals surface area (Å²) in [4.78, 5) is 30.2. The van der Waals surface area contributed by atoms with Gasteiger partial charge in [0, 0.05) is 13.1 Å². The van der Waals surface area contributed by atoms with E-state index < -0.39 is 12.2 Å². The average molecular weight is 521 g/mol. The third-order valence-electron chi connectivity index (χ3n) is 6.80. The van der Waals surface area contributed by atoms with Crippen molar-refractivity contribution in [3.8, 4) is 0 Å². The smallest absolute Gasteiger partial charge is 0.410 e. The van der Waals surface area contributed by atoms with E-state index in [0.29, 0.717) is 19.5 Å². The standard InChI is InChI=1S/C33H32N2O4/c36-32(38-24-28-17-9-3-10-18-28)34(22-26-13-5-1-6-14-26)30-21-31(30)35(23-27-15-7-2-8-16-27)33(37)39-25-29-19-11-4-12-20-29/h1-20,30-31H,21-25H2/t30-,31+. The molecule has 1 fully saturated rings. The van der Waals surface area contributed by atoms with Crippen LogP contribution in [0.4, 0.5) is 9.59 Å². The lowest BCUT2D eigenvalue weighted by Gasteiger charge is -2.27. The number of carbonyl (C=O) groups excluding carboxylic acids is 2. The average Bonchev–Trinajstić information content (AvgIpc) is 3.78. The van der Waals surface area contributed by atoms with E-state index in [4.69, 9.17) is 9.47 Å². The summed E-state index contributed by atoms with van der Waals surface area (Å²) in [6.07, 6.45) is -0.138. The van der Waals surface area contributed by atoms with Crippen molar-refractivity contribution in [2.75, 3.05) is 0 Å². The number of amides is 2. The van der Waals surface area contributed by atoms with Crippen molar-refractivity contribution in [1.29, 1.82) is 0 Å². The number of hydrogen-bond acceptors (Lipinski definition) is 4. The van der Waals surface area contributed by atoms with Gasteiger partial charge in [0.1, 0.15) is 13.2 Å². The zero-order valence-electron chi connectivity index (χ0n) is 21.8. The molecule has 0 bridgehead atoms. The van der Waals surface area contributed by atoms with Gasteiger partial charge in [0.15, 0.2) is 0 Å². The van der Waals surface area contributed by atoms with Gasteiger partial charge in [-0.3, -0.25) is 9.80 Å². The van der Waals surface area contributed by atoms with Crippen molar-refractivity contribution in [3.05, 3.63) is 144 Å². The minimum Gasteiger partial charge on any atom is -0.445 e. The molecule has 1 aliphatic rings. The van der Waals surface area contributed by atoms with E-state index in [9.17, 15) is 9.59 Å². The fourth-order valence-corrected chi connectivity index (χ4v) is 4.64. The van der Waals surface area contributed by atoms with E-state index >= 15 is 0 Å². The molecule has 4 aromatic rings. The van der Waals surface area contributed by atoms with E-state index in [2.05, 4.69) is 0 Å². The molecule has 5 rings (SSSR count). The van der Waals surface area contributed by atoms with Crippen molar-refractivity contribution in [2.24, 2.45) is 0 Å². The third kappa shape index (κ3) is 7.26. The molecular weight excluding hydrogens is 488 g/mol. The highest BCUT2D eigenvalue weighted by molar-refractivity contribution is 5.71. The molecule has 198 valence electrons. The molecule has 0 aromatic heterocycles. The minimum absolute atomic E-state index is 0.179. The highest BCUT2D eigenvalue weighted by atomic mass is 16.6. The van der Waals surface area contributed by atoms with Gasteiger partial charge in [-0.2, -0.15) is 0 Å². The number of ether oxygens (including phenoxy) is 2. The summed E-state index contributed by atoms with van der Waals surface area (Å²) in [7, 11) is 0. The molecule has 0 radical (unpaired) electrons. The molecule has 0 heterocycles. The molecule has 0 saturated heterocycles. The van der Waals surface area contributed by atoms with E-state index in [1.807, 2.05) is 121 Å². The lowest BCUT2D eigenvalue weighted by molar-refractivity contribution is 0.0739. The fourth-order valence-electron chi connectivity index (χ4n) is 4.64. The predicted molar refractivity (Wildman–Crippen MR) is 149 cm³/mol. The summed E-state index contributed by atoms with van der Waals surface area (Å²) in [5.41, 5.74) is 3.85. The molecule has 6 heteroatoms. The fraction of sp³-hybridized carbons (Fsp3) is 0.212. The van der Waals surface area contributed by atoms with Gasteiger partial charge in [-0.25, -0.2) is 9.59 Å². The maximum atomic E-state index is 13.4. The van der Waals surface area contributed by atoms with Crippen LogP contribution in [0.15, 0.2) is 121 Å². The Bertz CT molecular complexity index is 1230. The van der Waals surface area contributed by atoms with Crippen LogP contribution in [0.5, 0.6) is 0 Å². The Morgan fingerprint density at radius 2 is 0.821 bits per heavy atom. The Hall–Kier alpha value is -4.58. The quantitative estimate of drug-likeness (QED) is 0.231. The second-order valence-electron chi connectivity index (χ2n) is 9.68. The number of benzene rings is 4. The molecule has 6 nitrogen and oxygen atoms in total. The number of rotatable bonds is 10. The maximum Gasteiger partial charge on any atom is 0.410 e. The van der Waals surface area contributed by atoms with Gasteiger partial charge < -0.3 is 9.47 Å². The number of hydrogen-bond donors (Lipinski definition) is 0. The topological polar surface area (TPSA) is 59.1 Å². The van der Waals surface area contributed by atoms with Crippen LogP contribution in [-0.4, -0.2) is 34.1 Å². The Labute approximate surface area is 229 Å². The van der Waals surface area contributed by atoms with Crippen molar-refractivity contribution in [3.63, 3.8) is 0 Å². The van der Waals surface area contributed by atoms with Crippen LogP contribution in [0, 0.1) is 0 Å². The maximum absolute atomic E-state index is 13.4. The normalized spacial score (nSPS) is 15.7. The van der Waals surface area contributed by atoms with Crippen LogP contribution >= 0.6 is 0 Å². The zero-order valence-corrected chi connectivity index (χ0v) is 21.8. The molecule has 0 spiro atoms. The van der Waals surface area contributed by atoms with Crippen LogP contribution in [0.25, 0.3) is 0 Å². The van der Waals surface area contributed by atoms with Crippen molar-refractivity contribution < 1.29 is 19.1 Å². The van der Waals surface area contributed by atoms with Crippen molar-refractivity contribution in [1.82, 2.24) is 9.80 Å². The van der Waals surface area contributed by atoms with Crippen LogP contribution in [0.2, 0.25) is 0 Å². The van der Waals surface area contributed by atoms with E-state index in [1.165, 1.54) is 0 Å². The SMILES string of the molecule is O=C(OCc1ccccc1)N(Cc1ccccc1)[C@@H]1C[C@@H]1N(Cc1ccccc1)C(=O)OCc1ccccc1. The summed E-state index contributed by atoms with van der Waals surface area (Å²) in [5.74, 6) is 0. The molecule has 0 unspecified atom stereocenters. The lowest BCUT2D eigenvalue weighted by atomic mass is 10.2. The monoisotopic (exact) mass is 520 g/mol. The first-order valence-corrected chi connectivity index (χ1v) is 13.2. The zero-order chi connectivity index (χ0) is 26.9. The first-order chi connectivity index (χ1) is 19.2. The van der Waals surface area contributed by atoms with Gasteiger partial charge in [-0.05, 0) is 28.7 Å². The van der Waals surface area contributed by atoms with Crippen molar-refractivity contribution in [2.45, 2.75) is 44.8 Å². The molecule has 4 aromatic carbocycles. The summed E-state index contributed by atoms with van der Waals surface area (Å²) in [6, 6.07) is 38.6. The third-order valence-corrected chi connectivity index (χ3v) is 6.80. The molecule has 0 aliphatic heterocycles. The predicted octanol–water partition coefficient (Wildman–Crippen LogP) is 6.81. The van der Waals surface area contributed by atoms with Gasteiger partial charge in [0.2, 0.25) is 0 Å². The summed E-state index contributed by atoms with van der Waals surface area (Å²) >= 11 is 0. The second-order valence-corrected chi connectivity index (χ2v) is 9.68. The van der Waals surface area contributed by atoms with Crippen LogP contribution in [0.1, 0.15) is 28.7 Å². The highest BCUT2D eigenvalue weighted by Gasteiger charge is 2.50. The van der Waals surface area contributed by atoms with Crippen molar-refractivity contribution >= 4 is 12.2 Å². The second kappa shape index (κ2) is 12.8. The Morgan fingerprint density at radius 1 is 0.513 bits per heavy atom. The van der Waals surface area contributed by atoms with Crippen LogP contribution < -0.4 is 0 Å². The van der Waals surface area contributed by atoms with Gasteiger partial charge in [-0.1, -0.05) is 121 Å². The van der Waals surface area contributed by atoms with E-state index in [1.54, 1.807) is 9.80 Å². The largest absolute Gasteiger partial charge is 0.445 e. The van der Waals surface area contributed by atoms with Gasteiger partial charge >= 0.3 is 12.2 Å². The summed E-state index contributed by atoms with van der Waals surface area (Å²) in [6.45, 7) is 1.17. The molecule has 1 aliphatic carbocycles. The lowest BCUT2D eigenvalue weighted by Crippen LogP contribution is -2.41. The van der Waals surface area contributed by atoms with Crippen LogP contribution in [-0.2, 0) is 35.8 Å². The van der Waals surface area contributed by atoms with Gasteiger partial charge in [0.25, 0.3) is 0 Å². The summed E-state index contributed by atoms with van der Waals surface area (Å²) in [5, 5.41) is 0. The van der Waals surface area contributed by atoms with E-state index in [-0.39, 0.29) is 25.3 Å². The molecule has 0 N–H and O–H groups in total. The first kappa shape index (κ1) is 26.0. The molecule has 39 heavy (non-hydrogen) atoms. The van der Waals surface area contributed by atoms with Crippen LogP contribution in [0.3, 0.4) is 0 Å². The van der Waals surface area contributed by atoms with E-state index in [0.717, 1.165) is 22.3 Å². The Kier molecular flexibility index (Phi) is 8.54. The van der Waals surface area contributed by atoms with Gasteiger partial charge in [-0.15, -0.1) is 0 Å². The molecule has 1 saturated carbocycles. The molecule has 2 amide bonds. The first-order valence-electron chi connectivity index (χ1n) is 13.2. The summed E-state index contributed by atoms with van der Waals surface area (Å²) < 4.78 is 11.5. The highest BCUT2D eigenvalue weighted by Crippen LogP contribution is 2.36. The molecular formula is C33H32N2O4. The number of carbonyl (C=O) groups is 2. The number of nitrogens with zero attached hydrogens (tertiary/aromatic N) is 2. The Morgan fingerprint density at radius 3 is 1.15 bits per heavy atom. The van der Waals surface area contributed by atoms with Gasteiger partial charge in [0.05, 0.1) is 12.1 Å². The Balaban J connectivity index is 1.32.